The monoisotopic (exact) mass is 363 g/mol. The van der Waals surface area contributed by atoms with Gasteiger partial charge in [-0.05, 0) is 55.8 Å². The van der Waals surface area contributed by atoms with Crippen molar-refractivity contribution < 1.29 is 2.74 Å². The van der Waals surface area contributed by atoms with E-state index < -0.39 is 6.50 Å². The van der Waals surface area contributed by atoms with Crippen molar-refractivity contribution in [2.45, 2.75) is 25.9 Å². The Labute approximate surface area is 156 Å². The number of imidazole rings is 1. The molecule has 0 unspecified atom stereocenters. The Kier molecular flexibility index (Phi) is 4.65. The lowest BCUT2D eigenvalue weighted by Crippen LogP contribution is -2.21. The Balaban J connectivity index is 0.00000196. The van der Waals surface area contributed by atoms with E-state index in [2.05, 4.69) is 4.98 Å². The van der Waals surface area contributed by atoms with E-state index in [0.29, 0.717) is 17.4 Å². The van der Waals surface area contributed by atoms with E-state index >= 15 is 0 Å². The summed E-state index contributed by atoms with van der Waals surface area (Å²) >= 11 is 5.99. The van der Waals surface area contributed by atoms with Crippen LogP contribution in [-0.2, 0) is 13.0 Å². The van der Waals surface area contributed by atoms with E-state index in [-0.39, 0.29) is 12.4 Å². The van der Waals surface area contributed by atoms with Gasteiger partial charge in [-0.15, -0.1) is 12.4 Å². The van der Waals surface area contributed by atoms with Gasteiger partial charge in [-0.3, -0.25) is 4.90 Å². The molecule has 2 heterocycles. The second-order valence-corrected chi connectivity index (χ2v) is 6.38. The third kappa shape index (κ3) is 3.59. The summed E-state index contributed by atoms with van der Waals surface area (Å²) in [6.45, 7) is 0.538. The molecule has 0 amide bonds. The molecule has 2 aromatic carbocycles. The van der Waals surface area contributed by atoms with Crippen LogP contribution in [0.15, 0.2) is 48.5 Å². The highest BCUT2D eigenvalue weighted by Gasteiger charge is 2.17. The molecule has 0 saturated carbocycles. The third-order valence-corrected chi connectivity index (χ3v) is 4.52. The highest BCUT2D eigenvalue weighted by molar-refractivity contribution is 6.30. The number of fused-ring (bicyclic) bond motifs is 1. The molecule has 0 aliphatic carbocycles. The molecule has 0 spiro atoms. The zero-order valence-electron chi connectivity index (χ0n) is 15.3. The number of nitrogens with zero attached hydrogens (tertiary/aromatic N) is 3. The lowest BCUT2D eigenvalue weighted by molar-refractivity contribution is 0.318. The molecule has 1 aliphatic rings. The van der Waals surface area contributed by atoms with Gasteiger partial charge in [0.15, 0.2) is 0 Å². The minimum Gasteiger partial charge on any atom is -0.322 e. The number of para-hydroxylation sites is 2. The van der Waals surface area contributed by atoms with E-state index in [9.17, 15) is 0 Å². The Morgan fingerprint density at radius 2 is 1.75 bits per heavy atom. The van der Waals surface area contributed by atoms with Gasteiger partial charge in [0, 0.05) is 11.6 Å². The van der Waals surface area contributed by atoms with E-state index in [1.807, 2.05) is 58.0 Å². The van der Waals surface area contributed by atoms with Crippen molar-refractivity contribution >= 4 is 35.0 Å². The molecular weight excluding hydrogens is 341 g/mol. The highest BCUT2D eigenvalue weighted by atomic mass is 35.5. The molecule has 4 rings (SSSR count). The van der Waals surface area contributed by atoms with Gasteiger partial charge in [-0.25, -0.2) is 4.98 Å². The average molecular weight is 364 g/mol. The van der Waals surface area contributed by atoms with Gasteiger partial charge in [0.25, 0.3) is 0 Å². The van der Waals surface area contributed by atoms with Gasteiger partial charge >= 0.3 is 0 Å². The molecule has 24 heavy (non-hydrogen) atoms. The highest BCUT2D eigenvalue weighted by Crippen LogP contribution is 2.21. The molecule has 3 aromatic rings. The Morgan fingerprint density at radius 1 is 1.04 bits per heavy atom. The third-order valence-electron chi connectivity index (χ3n) is 4.27. The fraction of sp³-hybridized carbons (Fsp3) is 0.316. The number of benzene rings is 2. The van der Waals surface area contributed by atoms with E-state index in [0.717, 1.165) is 42.5 Å². The number of likely N-dealkylation sites (tertiary alicyclic amines) is 1. The lowest BCUT2D eigenvalue weighted by Gasteiger charge is -2.16. The number of hydrogen-bond acceptors (Lipinski definition) is 2. The van der Waals surface area contributed by atoms with Crippen molar-refractivity contribution in [3.05, 3.63) is 64.9 Å². The predicted octanol–water partition coefficient (Wildman–Crippen LogP) is 4.76. The van der Waals surface area contributed by atoms with Gasteiger partial charge in [0.05, 0.1) is 20.3 Å². The van der Waals surface area contributed by atoms with Crippen molar-refractivity contribution in [3.8, 4) is 0 Å². The molecule has 0 radical (unpaired) electrons. The van der Waals surface area contributed by atoms with Gasteiger partial charge in [-0.1, -0.05) is 35.9 Å². The van der Waals surface area contributed by atoms with E-state index in [1.165, 1.54) is 0 Å². The van der Waals surface area contributed by atoms with Gasteiger partial charge in [-0.2, -0.15) is 0 Å². The van der Waals surface area contributed by atoms with Crippen molar-refractivity contribution in [1.82, 2.24) is 14.5 Å². The van der Waals surface area contributed by atoms with Gasteiger partial charge in [0.1, 0.15) is 5.82 Å². The molecule has 126 valence electrons. The Bertz CT molecular complexity index is 887. The first-order valence-electron chi connectivity index (χ1n) is 9.01. The smallest absolute Gasteiger partial charge is 0.124 e. The quantitative estimate of drug-likeness (QED) is 0.666. The first-order chi connectivity index (χ1) is 12.1. The van der Waals surface area contributed by atoms with Crippen LogP contribution in [0.25, 0.3) is 11.0 Å². The predicted molar refractivity (Wildman–Crippen MR) is 102 cm³/mol. The first-order valence-corrected chi connectivity index (χ1v) is 8.39. The normalized spacial score (nSPS) is 16.7. The van der Waals surface area contributed by atoms with E-state index in [1.54, 1.807) is 0 Å². The van der Waals surface area contributed by atoms with Crippen LogP contribution in [0, 0.1) is 0 Å². The largest absolute Gasteiger partial charge is 0.322 e. The molecule has 1 fully saturated rings. The number of hydrogen-bond donors (Lipinski definition) is 0. The summed E-state index contributed by atoms with van der Waals surface area (Å²) in [5.74, 6) is 0.477. The summed E-state index contributed by atoms with van der Waals surface area (Å²) in [4.78, 5) is 6.56. The summed E-state index contributed by atoms with van der Waals surface area (Å²) in [5.41, 5.74) is 2.86. The molecule has 3 nitrogen and oxygen atoms in total. The molecule has 1 saturated heterocycles. The number of rotatable bonds is 4. The van der Waals surface area contributed by atoms with Crippen molar-refractivity contribution in [3.63, 3.8) is 0 Å². The molecule has 1 aromatic heterocycles. The topological polar surface area (TPSA) is 21.1 Å². The van der Waals surface area contributed by atoms with Crippen molar-refractivity contribution in [2.75, 3.05) is 13.1 Å². The second-order valence-electron chi connectivity index (χ2n) is 5.94. The molecule has 0 atom stereocenters. The molecule has 5 heteroatoms. The molecule has 1 aliphatic heterocycles. The summed E-state index contributed by atoms with van der Waals surface area (Å²) in [6, 6.07) is 15.5. The van der Waals surface area contributed by atoms with Gasteiger partial charge < -0.3 is 4.57 Å². The van der Waals surface area contributed by atoms with Crippen LogP contribution in [0.3, 0.4) is 0 Å². The first kappa shape index (κ1) is 14.8. The maximum atomic E-state index is 8.73. The van der Waals surface area contributed by atoms with E-state index in [4.69, 9.17) is 14.3 Å². The summed E-state index contributed by atoms with van der Waals surface area (Å²) < 4.78 is 19.4. The summed E-state index contributed by atoms with van der Waals surface area (Å²) in [5, 5.41) is 0.701. The van der Waals surface area contributed by atoms with Gasteiger partial charge in [0.2, 0.25) is 0 Å². The summed E-state index contributed by atoms with van der Waals surface area (Å²) in [6.07, 6.45) is 2.08. The summed E-state index contributed by atoms with van der Waals surface area (Å²) in [7, 11) is 0. The van der Waals surface area contributed by atoms with Crippen molar-refractivity contribution in [2.24, 2.45) is 0 Å². The van der Waals surface area contributed by atoms with Crippen LogP contribution in [0.5, 0.6) is 0 Å². The maximum Gasteiger partial charge on any atom is 0.124 e. The average Bonchev–Trinajstić information content (AvgIpc) is 3.26. The molecular formula is C19H21Cl2N3. The van der Waals surface area contributed by atoms with Crippen LogP contribution >= 0.6 is 24.0 Å². The lowest BCUT2D eigenvalue weighted by atomic mass is 10.2. The zero-order chi connectivity index (χ0) is 17.4. The zero-order valence-corrected chi connectivity index (χ0v) is 14.9. The number of halogens is 2. The maximum absolute atomic E-state index is 8.73. The fourth-order valence-electron chi connectivity index (χ4n) is 3.06. The van der Waals surface area contributed by atoms with Crippen LogP contribution in [-0.4, -0.2) is 27.5 Å². The van der Waals surface area contributed by atoms with Crippen LogP contribution in [0.2, 0.25) is 5.02 Å². The number of aromatic nitrogens is 2. The molecule has 0 bridgehead atoms. The molecule has 0 N–H and O–H groups in total. The Morgan fingerprint density at radius 3 is 2.50 bits per heavy atom. The second kappa shape index (κ2) is 7.56. The minimum atomic E-state index is -1.58. The van der Waals surface area contributed by atoms with Crippen molar-refractivity contribution in [1.29, 1.82) is 0 Å². The minimum absolute atomic E-state index is 0. The van der Waals surface area contributed by atoms with Crippen LogP contribution in [0.4, 0.5) is 0 Å². The fourth-order valence-corrected chi connectivity index (χ4v) is 3.19. The standard InChI is InChI=1S/C19H20ClN3.ClH/c20-16-9-7-15(8-10-16)13-23-18-6-2-1-5-17(18)21-19(23)14-22-11-3-4-12-22;/h1-2,5-10H,3-4,11-14H2;1H/i14D2;. The van der Waals surface area contributed by atoms with Crippen LogP contribution in [0.1, 0.15) is 27.0 Å². The Hall–Kier alpha value is -1.55. The SMILES string of the molecule is Cl.[2H]C([2H])(c1nc2ccccc2n1Cc1ccc(Cl)cc1)N1CCCC1. The van der Waals surface area contributed by atoms with Crippen LogP contribution < -0.4 is 0 Å².